The van der Waals surface area contributed by atoms with Crippen LogP contribution in [-0.4, -0.2) is 128 Å². The Labute approximate surface area is 348 Å². The third-order valence-electron chi connectivity index (χ3n) is 8.37. The number of alkyl halides is 9. The number of ether oxygens (including phenoxy) is 1. The molecule has 1 amide bonds. The van der Waals surface area contributed by atoms with Crippen LogP contribution in [0.25, 0.3) is 0 Å². The van der Waals surface area contributed by atoms with Crippen molar-refractivity contribution in [2.75, 3.05) is 57.8 Å². The minimum Gasteiger partial charge on any atom is -0.475 e. The standard InChI is InChI=1S/C26H31Cl2N5O4S2.3C2HF3O2/c27-21-14-22(28)24(39(35,36)33-9-11-37-12-10-33)13-19(21)25(34)31-26-20(15-29)18-4-8-32(16-23(18)38-26)7-3-17-1-5-30-6-2-17;3*3-2(4,5)1(6)7/h13-14,17,30H,1-12,16H2,(H,31,34);3*(H,6,7). The van der Waals surface area contributed by atoms with E-state index in [2.05, 4.69) is 21.6 Å². The maximum Gasteiger partial charge on any atom is 0.490 e. The van der Waals surface area contributed by atoms with Crippen LogP contribution in [0, 0.1) is 17.2 Å². The smallest absolute Gasteiger partial charge is 0.475 e. The fourth-order valence-corrected chi connectivity index (χ4v) is 8.86. The Morgan fingerprint density at radius 2 is 1.38 bits per heavy atom. The van der Waals surface area contributed by atoms with Crippen molar-refractivity contribution >= 4 is 73.4 Å². The summed E-state index contributed by atoms with van der Waals surface area (Å²) < 4.78 is 128. The molecule has 0 aliphatic carbocycles. The quantitative estimate of drug-likeness (QED) is 0.206. The topological polar surface area (TPSA) is 227 Å². The second-order valence-corrected chi connectivity index (χ2v) is 16.3. The molecule has 3 aliphatic rings. The maximum atomic E-state index is 13.3. The molecule has 5 N–H and O–H groups in total. The number of fused-ring (bicyclic) bond motifs is 1. The Bertz CT molecular complexity index is 1940. The van der Waals surface area contributed by atoms with Crippen LogP contribution in [0.4, 0.5) is 44.5 Å². The van der Waals surface area contributed by atoms with Gasteiger partial charge in [0.15, 0.2) is 0 Å². The summed E-state index contributed by atoms with van der Waals surface area (Å²) in [4.78, 5) is 43.3. The molecule has 0 radical (unpaired) electrons. The lowest BCUT2D eigenvalue weighted by molar-refractivity contribution is -0.193. The number of aliphatic carboxylic acids is 3. The number of benzene rings is 1. The van der Waals surface area contributed by atoms with Gasteiger partial charge in [0, 0.05) is 31.1 Å². The van der Waals surface area contributed by atoms with Crippen molar-refractivity contribution < 1.29 is 87.2 Å². The van der Waals surface area contributed by atoms with Gasteiger partial charge in [0.1, 0.15) is 16.0 Å². The molecular formula is C32H34Cl2F9N5O10S2. The monoisotopic (exact) mass is 953 g/mol. The van der Waals surface area contributed by atoms with E-state index >= 15 is 0 Å². The summed E-state index contributed by atoms with van der Waals surface area (Å²) >= 11 is 14.0. The first kappa shape index (κ1) is 52.2. The summed E-state index contributed by atoms with van der Waals surface area (Å²) in [5.41, 5.74) is 1.42. The number of hydrogen-bond donors (Lipinski definition) is 5. The summed E-state index contributed by atoms with van der Waals surface area (Å²) in [6.07, 6.45) is -10.9. The Balaban J connectivity index is 0.000000485. The third kappa shape index (κ3) is 15.8. The van der Waals surface area contributed by atoms with Crippen molar-refractivity contribution in [3.63, 3.8) is 0 Å². The highest BCUT2D eigenvalue weighted by atomic mass is 35.5. The predicted octanol–water partition coefficient (Wildman–Crippen LogP) is 5.85. The van der Waals surface area contributed by atoms with E-state index < -0.39 is 52.4 Å². The zero-order chi connectivity index (χ0) is 45.8. The first-order valence-corrected chi connectivity index (χ1v) is 19.9. The molecule has 0 atom stereocenters. The molecule has 336 valence electrons. The Hall–Kier alpha value is -3.97. The molecule has 0 saturated carbocycles. The van der Waals surface area contributed by atoms with Crippen LogP contribution in [0.3, 0.4) is 0 Å². The first-order valence-electron chi connectivity index (χ1n) is 16.9. The number of halogens is 11. The number of piperidine rings is 1. The molecule has 60 heavy (non-hydrogen) atoms. The number of carbonyl (C=O) groups excluding carboxylic acids is 1. The number of nitriles is 1. The molecule has 1 aromatic carbocycles. The summed E-state index contributed by atoms with van der Waals surface area (Å²) in [6.45, 7) is 5.79. The van der Waals surface area contributed by atoms with Crippen molar-refractivity contribution in [1.29, 1.82) is 5.26 Å². The van der Waals surface area contributed by atoms with E-state index in [4.69, 9.17) is 57.6 Å². The van der Waals surface area contributed by atoms with E-state index in [0.29, 0.717) is 10.6 Å². The number of nitrogens with zero attached hydrogens (tertiary/aromatic N) is 3. The minimum atomic E-state index is -5.08. The van der Waals surface area contributed by atoms with Crippen molar-refractivity contribution in [3.05, 3.63) is 43.7 Å². The number of amides is 1. The largest absolute Gasteiger partial charge is 0.490 e. The molecule has 0 bridgehead atoms. The molecule has 5 rings (SSSR count). The van der Waals surface area contributed by atoms with Crippen LogP contribution in [0.5, 0.6) is 0 Å². The molecule has 0 unspecified atom stereocenters. The summed E-state index contributed by atoms with van der Waals surface area (Å²) in [6, 6.07) is 4.75. The minimum absolute atomic E-state index is 0.0215. The lowest BCUT2D eigenvalue weighted by atomic mass is 9.94. The highest BCUT2D eigenvalue weighted by Gasteiger charge is 2.39. The van der Waals surface area contributed by atoms with Gasteiger partial charge < -0.3 is 30.7 Å². The van der Waals surface area contributed by atoms with Gasteiger partial charge in [-0.25, -0.2) is 22.8 Å². The van der Waals surface area contributed by atoms with Crippen LogP contribution in [0.15, 0.2) is 17.0 Å². The number of thiophene rings is 1. The van der Waals surface area contributed by atoms with E-state index in [-0.39, 0.29) is 46.8 Å². The van der Waals surface area contributed by atoms with Gasteiger partial charge in [-0.05, 0) is 68.9 Å². The molecule has 1 aromatic heterocycles. The Kier molecular flexibility index (Phi) is 19.3. The number of rotatable bonds is 7. The lowest BCUT2D eigenvalue weighted by Gasteiger charge is -2.29. The van der Waals surface area contributed by atoms with Crippen LogP contribution in [0.1, 0.15) is 45.6 Å². The fourth-order valence-electron chi connectivity index (χ4n) is 5.39. The van der Waals surface area contributed by atoms with Crippen molar-refractivity contribution in [1.82, 2.24) is 14.5 Å². The van der Waals surface area contributed by atoms with Gasteiger partial charge in [0.05, 0.1) is 34.4 Å². The van der Waals surface area contributed by atoms with Gasteiger partial charge in [-0.3, -0.25) is 9.69 Å². The van der Waals surface area contributed by atoms with Gasteiger partial charge in [-0.1, -0.05) is 23.2 Å². The van der Waals surface area contributed by atoms with Gasteiger partial charge in [-0.15, -0.1) is 11.3 Å². The van der Waals surface area contributed by atoms with Gasteiger partial charge in [-0.2, -0.15) is 49.1 Å². The average Bonchev–Trinajstić information content (AvgIpc) is 3.50. The van der Waals surface area contributed by atoms with Crippen LogP contribution in [-0.2, 0) is 42.1 Å². The van der Waals surface area contributed by atoms with E-state index in [0.717, 1.165) is 55.5 Å². The van der Waals surface area contributed by atoms with E-state index in [9.17, 15) is 58.0 Å². The SMILES string of the molecule is N#Cc1c(NC(=O)c2cc(S(=O)(=O)N3CCOCC3)c(Cl)cc2Cl)sc2c1CCN(CCC1CCNCC1)C2.O=C(O)C(F)(F)F.O=C(O)C(F)(F)F.O=C(O)C(F)(F)F. The molecule has 2 fully saturated rings. The van der Waals surface area contributed by atoms with E-state index in [1.807, 2.05) is 0 Å². The van der Waals surface area contributed by atoms with Gasteiger partial charge >= 0.3 is 36.4 Å². The molecule has 15 nitrogen and oxygen atoms in total. The molecule has 2 saturated heterocycles. The number of hydrogen-bond acceptors (Lipinski definition) is 11. The second-order valence-electron chi connectivity index (χ2n) is 12.5. The van der Waals surface area contributed by atoms with Crippen molar-refractivity contribution in [2.24, 2.45) is 5.92 Å². The van der Waals surface area contributed by atoms with Crippen LogP contribution >= 0.6 is 34.5 Å². The summed E-state index contributed by atoms with van der Waals surface area (Å²) in [7, 11) is -3.95. The second kappa shape index (κ2) is 22.2. The molecule has 3 aliphatic heterocycles. The molecule has 28 heteroatoms. The zero-order valence-electron chi connectivity index (χ0n) is 30.4. The lowest BCUT2D eigenvalue weighted by Crippen LogP contribution is -2.40. The number of sulfonamides is 1. The summed E-state index contributed by atoms with van der Waals surface area (Å²) in [5, 5.41) is 38.0. The number of nitrogens with one attached hydrogen (secondary N) is 2. The molecular weight excluding hydrogens is 920 g/mol. The fraction of sp³-hybridized carbons (Fsp3) is 0.531. The highest BCUT2D eigenvalue weighted by Crippen LogP contribution is 2.38. The molecule has 4 heterocycles. The summed E-state index contributed by atoms with van der Waals surface area (Å²) in [5.74, 6) is -8.11. The van der Waals surface area contributed by atoms with E-state index in [1.165, 1.54) is 47.0 Å². The van der Waals surface area contributed by atoms with Crippen LogP contribution in [0.2, 0.25) is 10.0 Å². The zero-order valence-corrected chi connectivity index (χ0v) is 33.6. The number of anilines is 1. The van der Waals surface area contributed by atoms with Gasteiger partial charge in [0.2, 0.25) is 10.0 Å². The Morgan fingerprint density at radius 3 is 1.85 bits per heavy atom. The number of carbonyl (C=O) groups is 4. The predicted molar refractivity (Wildman–Crippen MR) is 193 cm³/mol. The highest BCUT2D eigenvalue weighted by molar-refractivity contribution is 7.89. The van der Waals surface area contributed by atoms with Gasteiger partial charge in [0.25, 0.3) is 5.91 Å². The number of carboxylic acid groups (broad SMARTS) is 3. The molecule has 2 aromatic rings. The maximum absolute atomic E-state index is 13.3. The van der Waals surface area contributed by atoms with Crippen LogP contribution < -0.4 is 10.6 Å². The van der Waals surface area contributed by atoms with Crippen molar-refractivity contribution in [2.45, 2.75) is 55.7 Å². The third-order valence-corrected chi connectivity index (χ3v) is 12.2. The number of carboxylic acids is 3. The first-order chi connectivity index (χ1) is 27.6. The Morgan fingerprint density at radius 1 is 0.883 bits per heavy atom. The average molecular weight is 955 g/mol. The number of morpholine rings is 1. The molecule has 0 spiro atoms. The van der Waals surface area contributed by atoms with E-state index in [1.54, 1.807) is 0 Å². The normalized spacial score (nSPS) is 16.6. The van der Waals surface area contributed by atoms with Crippen molar-refractivity contribution in [3.8, 4) is 6.07 Å².